The van der Waals surface area contributed by atoms with E-state index in [0.717, 1.165) is 12.2 Å². The third-order valence-electron chi connectivity index (χ3n) is 2.99. The third kappa shape index (κ3) is 3.12. The first-order valence-electron chi connectivity index (χ1n) is 6.28. The Hall–Kier alpha value is -1.88. The minimum absolute atomic E-state index is 0.324. The van der Waals surface area contributed by atoms with Gasteiger partial charge in [-0.15, -0.1) is 0 Å². The highest BCUT2D eigenvalue weighted by Crippen LogP contribution is 2.21. The fourth-order valence-electron chi connectivity index (χ4n) is 1.88. The molecule has 19 heavy (non-hydrogen) atoms. The summed E-state index contributed by atoms with van der Waals surface area (Å²) in [5.41, 5.74) is 7.11. The van der Waals surface area contributed by atoms with E-state index in [1.165, 1.54) is 6.07 Å². The Balaban J connectivity index is 2.06. The molecule has 0 saturated heterocycles. The zero-order chi connectivity index (χ0) is 13.8. The van der Waals surface area contributed by atoms with Gasteiger partial charge in [0.15, 0.2) is 0 Å². The van der Waals surface area contributed by atoms with Gasteiger partial charge in [-0.3, -0.25) is 0 Å². The number of halogens is 1. The molecular formula is C14H18FN3O. The van der Waals surface area contributed by atoms with E-state index < -0.39 is 0 Å². The van der Waals surface area contributed by atoms with Crippen LogP contribution in [0.2, 0.25) is 0 Å². The van der Waals surface area contributed by atoms with Crippen molar-refractivity contribution in [2.24, 2.45) is 5.73 Å². The minimum atomic E-state index is -0.337. The molecule has 2 N–H and O–H groups in total. The van der Waals surface area contributed by atoms with Gasteiger partial charge < -0.3 is 15.0 Å². The van der Waals surface area contributed by atoms with E-state index in [-0.39, 0.29) is 11.9 Å². The normalized spacial score (nSPS) is 12.4. The van der Waals surface area contributed by atoms with Crippen LogP contribution >= 0.6 is 0 Å². The van der Waals surface area contributed by atoms with Crippen molar-refractivity contribution in [2.75, 3.05) is 0 Å². The molecule has 0 spiro atoms. The molecule has 0 saturated carbocycles. The highest BCUT2D eigenvalue weighted by molar-refractivity contribution is 5.30. The molecule has 0 bridgehead atoms. The van der Waals surface area contributed by atoms with E-state index in [4.69, 9.17) is 10.5 Å². The topological polar surface area (TPSA) is 53.1 Å². The first-order chi connectivity index (χ1) is 9.11. The molecule has 1 atom stereocenters. The summed E-state index contributed by atoms with van der Waals surface area (Å²) in [7, 11) is 0. The molecule has 1 aromatic heterocycles. The van der Waals surface area contributed by atoms with Crippen molar-refractivity contribution >= 4 is 0 Å². The van der Waals surface area contributed by atoms with E-state index in [2.05, 4.69) is 4.98 Å². The number of nitrogens with two attached hydrogens (primary N) is 1. The summed E-state index contributed by atoms with van der Waals surface area (Å²) < 4.78 is 21.3. The van der Waals surface area contributed by atoms with Crippen molar-refractivity contribution in [3.8, 4) is 5.75 Å². The Morgan fingerprint density at radius 3 is 2.89 bits per heavy atom. The molecule has 4 nitrogen and oxygen atoms in total. The average Bonchev–Trinajstić information content (AvgIpc) is 2.83. The van der Waals surface area contributed by atoms with Gasteiger partial charge in [-0.25, -0.2) is 9.37 Å². The van der Waals surface area contributed by atoms with Gasteiger partial charge in [0.25, 0.3) is 0 Å². The van der Waals surface area contributed by atoms with E-state index in [1.807, 2.05) is 11.5 Å². The molecule has 1 heterocycles. The fourth-order valence-corrected chi connectivity index (χ4v) is 1.88. The lowest BCUT2D eigenvalue weighted by Crippen LogP contribution is -2.08. The predicted octanol–water partition coefficient (Wildman–Crippen LogP) is 2.64. The van der Waals surface area contributed by atoms with Crippen molar-refractivity contribution in [3.63, 3.8) is 0 Å². The van der Waals surface area contributed by atoms with Crippen LogP contribution in [-0.2, 0) is 13.2 Å². The second-order valence-electron chi connectivity index (χ2n) is 4.43. The van der Waals surface area contributed by atoms with Gasteiger partial charge in [0.05, 0.1) is 18.2 Å². The average molecular weight is 263 g/mol. The minimum Gasteiger partial charge on any atom is -0.487 e. The molecule has 2 rings (SSSR count). The molecule has 0 aliphatic carbocycles. The largest absolute Gasteiger partial charge is 0.487 e. The summed E-state index contributed by atoms with van der Waals surface area (Å²) in [5.74, 6) is 0.155. The highest BCUT2D eigenvalue weighted by atomic mass is 19.1. The second-order valence-corrected chi connectivity index (χ2v) is 4.43. The first-order valence-corrected chi connectivity index (χ1v) is 6.28. The lowest BCUT2D eigenvalue weighted by atomic mass is 10.1. The third-order valence-corrected chi connectivity index (χ3v) is 2.99. The van der Waals surface area contributed by atoms with Crippen molar-refractivity contribution < 1.29 is 9.13 Å². The molecule has 1 aromatic carbocycles. The van der Waals surface area contributed by atoms with E-state index in [9.17, 15) is 4.39 Å². The molecule has 5 heteroatoms. The lowest BCUT2D eigenvalue weighted by molar-refractivity contribution is 0.293. The maximum atomic E-state index is 13.7. The van der Waals surface area contributed by atoms with Gasteiger partial charge in [-0.1, -0.05) is 6.07 Å². The van der Waals surface area contributed by atoms with Crippen molar-refractivity contribution in [1.82, 2.24) is 9.55 Å². The molecule has 2 aromatic rings. The van der Waals surface area contributed by atoms with Crippen LogP contribution in [0.25, 0.3) is 0 Å². The maximum absolute atomic E-state index is 13.7. The summed E-state index contributed by atoms with van der Waals surface area (Å²) in [6, 6.07) is 4.43. The van der Waals surface area contributed by atoms with E-state index in [0.29, 0.717) is 17.9 Å². The van der Waals surface area contributed by atoms with Crippen LogP contribution in [-0.4, -0.2) is 9.55 Å². The zero-order valence-electron chi connectivity index (χ0n) is 11.1. The summed E-state index contributed by atoms with van der Waals surface area (Å²) in [6.45, 7) is 4.97. The van der Waals surface area contributed by atoms with Crippen molar-refractivity contribution in [1.29, 1.82) is 0 Å². The highest BCUT2D eigenvalue weighted by Gasteiger charge is 2.08. The van der Waals surface area contributed by atoms with E-state index in [1.54, 1.807) is 31.6 Å². The standard InChI is InChI=1S/C14H18FN3O/c1-3-18-9-17-7-11(18)8-19-12-4-5-13(10(2)16)14(15)6-12/h4-7,9-10H,3,8,16H2,1-2H3/t10-/m1/s1. The molecule has 0 fully saturated rings. The predicted molar refractivity (Wildman–Crippen MR) is 71.2 cm³/mol. The molecule has 0 radical (unpaired) electrons. The Labute approximate surface area is 112 Å². The molecule has 0 amide bonds. The summed E-state index contributed by atoms with van der Waals surface area (Å²) in [4.78, 5) is 4.05. The monoisotopic (exact) mass is 263 g/mol. The Kier molecular flexibility index (Phi) is 4.16. The van der Waals surface area contributed by atoms with Gasteiger partial charge in [0.1, 0.15) is 18.2 Å². The van der Waals surface area contributed by atoms with Gasteiger partial charge in [-0.2, -0.15) is 0 Å². The van der Waals surface area contributed by atoms with Crippen LogP contribution in [0.4, 0.5) is 4.39 Å². The molecule has 0 aliphatic heterocycles. The van der Waals surface area contributed by atoms with Gasteiger partial charge in [0, 0.05) is 24.2 Å². The number of rotatable bonds is 5. The van der Waals surface area contributed by atoms with Crippen LogP contribution in [0.5, 0.6) is 5.75 Å². The number of ether oxygens (including phenoxy) is 1. The first kappa shape index (κ1) is 13.5. The number of aromatic nitrogens is 2. The number of benzene rings is 1. The lowest BCUT2D eigenvalue weighted by Gasteiger charge is -2.11. The molecule has 0 unspecified atom stereocenters. The van der Waals surface area contributed by atoms with Crippen LogP contribution in [0, 0.1) is 5.82 Å². The Morgan fingerprint density at radius 2 is 2.26 bits per heavy atom. The van der Waals surface area contributed by atoms with Gasteiger partial charge >= 0.3 is 0 Å². The number of hydrogen-bond donors (Lipinski definition) is 1. The molecular weight excluding hydrogens is 245 g/mol. The quantitative estimate of drug-likeness (QED) is 0.902. The van der Waals surface area contributed by atoms with Crippen LogP contribution < -0.4 is 10.5 Å². The summed E-state index contributed by atoms with van der Waals surface area (Å²) in [5, 5.41) is 0. The maximum Gasteiger partial charge on any atom is 0.131 e. The molecule has 0 aliphatic rings. The number of hydrogen-bond acceptors (Lipinski definition) is 3. The SMILES string of the molecule is CCn1cncc1COc1ccc([C@@H](C)N)c(F)c1. The van der Waals surface area contributed by atoms with E-state index >= 15 is 0 Å². The van der Waals surface area contributed by atoms with Crippen LogP contribution in [0.15, 0.2) is 30.7 Å². The molecule has 102 valence electrons. The zero-order valence-corrected chi connectivity index (χ0v) is 11.1. The van der Waals surface area contributed by atoms with Crippen molar-refractivity contribution in [2.45, 2.75) is 33.0 Å². The smallest absolute Gasteiger partial charge is 0.131 e. The van der Waals surface area contributed by atoms with Crippen LogP contribution in [0.1, 0.15) is 31.1 Å². The number of aryl methyl sites for hydroxylation is 1. The number of nitrogens with zero attached hydrogens (tertiary/aromatic N) is 2. The van der Waals surface area contributed by atoms with Gasteiger partial charge in [0.2, 0.25) is 0 Å². The Morgan fingerprint density at radius 1 is 1.47 bits per heavy atom. The summed E-state index contributed by atoms with van der Waals surface area (Å²) >= 11 is 0. The van der Waals surface area contributed by atoms with Crippen molar-refractivity contribution in [3.05, 3.63) is 47.8 Å². The number of imidazole rings is 1. The second kappa shape index (κ2) is 5.84. The van der Waals surface area contributed by atoms with Gasteiger partial charge in [-0.05, 0) is 19.9 Å². The van der Waals surface area contributed by atoms with Crippen LogP contribution in [0.3, 0.4) is 0 Å². The Bertz CT molecular complexity index is 551. The fraction of sp³-hybridized carbons (Fsp3) is 0.357. The summed E-state index contributed by atoms with van der Waals surface area (Å²) in [6.07, 6.45) is 3.49.